The molecular weight excluding hydrogens is 453 g/mol. The van der Waals surface area contributed by atoms with Crippen LogP contribution in [0.15, 0.2) is 23.2 Å². The van der Waals surface area contributed by atoms with Gasteiger partial charge in [0.2, 0.25) is 0 Å². The van der Waals surface area contributed by atoms with E-state index in [-0.39, 0.29) is 24.0 Å². The first-order chi connectivity index (χ1) is 12.7. The van der Waals surface area contributed by atoms with Gasteiger partial charge in [-0.3, -0.25) is 0 Å². The number of nitrogens with one attached hydrogen (secondary N) is 2. The number of nitrogens with zero attached hydrogens (tertiary/aromatic N) is 1. The van der Waals surface area contributed by atoms with E-state index in [2.05, 4.69) is 42.7 Å². The SMILES string of the molecule is CCNC(=NCc1ccc(C)cc1OCC1CC1)NCCC1CCCO1.I. The molecular formula is C21H34IN3O2. The van der Waals surface area contributed by atoms with Gasteiger partial charge in [-0.2, -0.15) is 0 Å². The second-order valence-electron chi connectivity index (χ2n) is 7.41. The zero-order valence-corrected chi connectivity index (χ0v) is 19.0. The van der Waals surface area contributed by atoms with Crippen LogP contribution < -0.4 is 15.4 Å². The third-order valence-corrected chi connectivity index (χ3v) is 4.93. The van der Waals surface area contributed by atoms with Crippen LogP contribution in [-0.2, 0) is 11.3 Å². The molecule has 2 aliphatic rings. The molecule has 3 rings (SSSR count). The Hall–Kier alpha value is -1.02. The third kappa shape index (κ3) is 7.86. The van der Waals surface area contributed by atoms with Crippen LogP contribution in [0.3, 0.4) is 0 Å². The summed E-state index contributed by atoms with van der Waals surface area (Å²) in [4.78, 5) is 4.75. The van der Waals surface area contributed by atoms with Gasteiger partial charge < -0.3 is 20.1 Å². The summed E-state index contributed by atoms with van der Waals surface area (Å²) in [6, 6.07) is 6.40. The summed E-state index contributed by atoms with van der Waals surface area (Å²) in [5, 5.41) is 6.75. The lowest BCUT2D eigenvalue weighted by atomic mass is 10.1. The number of rotatable bonds is 9. The zero-order valence-electron chi connectivity index (χ0n) is 16.6. The van der Waals surface area contributed by atoms with Crippen LogP contribution in [0.25, 0.3) is 0 Å². The average Bonchev–Trinajstić information content (AvgIpc) is 3.33. The monoisotopic (exact) mass is 487 g/mol. The molecule has 2 fully saturated rings. The minimum Gasteiger partial charge on any atom is -0.493 e. The van der Waals surface area contributed by atoms with Crippen molar-refractivity contribution in [1.29, 1.82) is 0 Å². The first-order valence-electron chi connectivity index (χ1n) is 10.1. The molecule has 0 bridgehead atoms. The number of halogens is 1. The van der Waals surface area contributed by atoms with Gasteiger partial charge in [0, 0.05) is 25.3 Å². The molecule has 5 nitrogen and oxygen atoms in total. The van der Waals surface area contributed by atoms with Gasteiger partial charge >= 0.3 is 0 Å². The minimum absolute atomic E-state index is 0. The predicted molar refractivity (Wildman–Crippen MR) is 121 cm³/mol. The number of guanidine groups is 1. The Balaban J connectivity index is 0.00000261. The summed E-state index contributed by atoms with van der Waals surface area (Å²) in [6.45, 7) is 8.30. The van der Waals surface area contributed by atoms with Crippen molar-refractivity contribution >= 4 is 29.9 Å². The van der Waals surface area contributed by atoms with Gasteiger partial charge in [-0.25, -0.2) is 4.99 Å². The Bertz CT molecular complexity index is 599. The summed E-state index contributed by atoms with van der Waals surface area (Å²) in [7, 11) is 0. The molecule has 1 heterocycles. The topological polar surface area (TPSA) is 54.9 Å². The second-order valence-corrected chi connectivity index (χ2v) is 7.41. The van der Waals surface area contributed by atoms with Crippen molar-refractivity contribution < 1.29 is 9.47 Å². The Morgan fingerprint density at radius 3 is 2.81 bits per heavy atom. The molecule has 0 aromatic heterocycles. The number of ether oxygens (including phenoxy) is 2. The fraction of sp³-hybridized carbons (Fsp3) is 0.667. The quantitative estimate of drug-likeness (QED) is 0.314. The summed E-state index contributed by atoms with van der Waals surface area (Å²) >= 11 is 0. The molecule has 1 saturated carbocycles. The van der Waals surface area contributed by atoms with Crippen LogP contribution in [0.4, 0.5) is 0 Å². The maximum absolute atomic E-state index is 6.06. The molecule has 6 heteroatoms. The molecule has 1 aliphatic heterocycles. The summed E-state index contributed by atoms with van der Waals surface area (Å²) in [5.41, 5.74) is 2.37. The van der Waals surface area contributed by atoms with Crippen molar-refractivity contribution in [2.24, 2.45) is 10.9 Å². The molecule has 0 radical (unpaired) electrons. The van der Waals surface area contributed by atoms with E-state index in [0.717, 1.165) is 55.9 Å². The Morgan fingerprint density at radius 2 is 2.11 bits per heavy atom. The highest BCUT2D eigenvalue weighted by atomic mass is 127. The third-order valence-electron chi connectivity index (χ3n) is 4.93. The standard InChI is InChI=1S/C21H33N3O2.HI/c1-3-22-21(23-11-10-19-5-4-12-25-19)24-14-18-9-6-16(2)13-20(18)26-15-17-7-8-17;/h6,9,13,17,19H,3-5,7-8,10-12,14-15H2,1-2H3,(H2,22,23,24);1H. The van der Waals surface area contributed by atoms with Crippen molar-refractivity contribution in [2.75, 3.05) is 26.3 Å². The summed E-state index contributed by atoms with van der Waals surface area (Å²) in [5.74, 6) is 2.60. The minimum atomic E-state index is 0. The van der Waals surface area contributed by atoms with Gasteiger partial charge in [0.1, 0.15) is 5.75 Å². The van der Waals surface area contributed by atoms with Crippen LogP contribution in [0, 0.1) is 12.8 Å². The molecule has 1 atom stereocenters. The highest BCUT2D eigenvalue weighted by Crippen LogP contribution is 2.31. The van der Waals surface area contributed by atoms with Crippen LogP contribution in [-0.4, -0.2) is 38.4 Å². The fourth-order valence-electron chi connectivity index (χ4n) is 3.15. The van der Waals surface area contributed by atoms with Gasteiger partial charge in [-0.15, -0.1) is 24.0 Å². The number of hydrogen-bond acceptors (Lipinski definition) is 3. The van der Waals surface area contributed by atoms with Crippen molar-refractivity contribution in [3.05, 3.63) is 29.3 Å². The van der Waals surface area contributed by atoms with Gasteiger partial charge in [0.15, 0.2) is 5.96 Å². The lowest BCUT2D eigenvalue weighted by Gasteiger charge is -2.15. The van der Waals surface area contributed by atoms with E-state index in [9.17, 15) is 0 Å². The lowest BCUT2D eigenvalue weighted by molar-refractivity contribution is 0.105. The molecule has 2 N–H and O–H groups in total. The zero-order chi connectivity index (χ0) is 18.2. The molecule has 0 amide bonds. The van der Waals surface area contributed by atoms with E-state index >= 15 is 0 Å². The highest BCUT2D eigenvalue weighted by Gasteiger charge is 2.22. The smallest absolute Gasteiger partial charge is 0.191 e. The average molecular weight is 487 g/mol. The van der Waals surface area contributed by atoms with Crippen molar-refractivity contribution in [3.8, 4) is 5.75 Å². The van der Waals surface area contributed by atoms with E-state index in [0.29, 0.717) is 12.6 Å². The molecule has 1 aromatic rings. The van der Waals surface area contributed by atoms with E-state index in [1.54, 1.807) is 0 Å². The molecule has 0 spiro atoms. The van der Waals surface area contributed by atoms with Gasteiger partial charge in [0.25, 0.3) is 0 Å². The summed E-state index contributed by atoms with van der Waals surface area (Å²) < 4.78 is 11.7. The van der Waals surface area contributed by atoms with E-state index in [4.69, 9.17) is 14.5 Å². The first-order valence-corrected chi connectivity index (χ1v) is 10.1. The largest absolute Gasteiger partial charge is 0.493 e. The summed E-state index contributed by atoms with van der Waals surface area (Å²) in [6.07, 6.45) is 6.42. The molecule has 27 heavy (non-hydrogen) atoms. The maximum atomic E-state index is 6.06. The number of aliphatic imine (C=N–C) groups is 1. The number of hydrogen-bond donors (Lipinski definition) is 2. The Labute approximate surface area is 180 Å². The number of aryl methyl sites for hydroxylation is 1. The van der Waals surface area contributed by atoms with Crippen molar-refractivity contribution in [2.45, 2.75) is 58.6 Å². The van der Waals surface area contributed by atoms with Crippen LogP contribution in [0.1, 0.15) is 50.2 Å². The molecule has 1 saturated heterocycles. The van der Waals surface area contributed by atoms with Gasteiger partial charge in [-0.05, 0) is 63.5 Å². The fourth-order valence-corrected chi connectivity index (χ4v) is 3.15. The lowest BCUT2D eigenvalue weighted by Crippen LogP contribution is -2.38. The van der Waals surface area contributed by atoms with Crippen molar-refractivity contribution in [1.82, 2.24) is 10.6 Å². The molecule has 1 aliphatic carbocycles. The van der Waals surface area contributed by atoms with Crippen LogP contribution in [0.2, 0.25) is 0 Å². The Morgan fingerprint density at radius 1 is 1.26 bits per heavy atom. The van der Waals surface area contributed by atoms with Crippen molar-refractivity contribution in [3.63, 3.8) is 0 Å². The van der Waals surface area contributed by atoms with E-state index < -0.39 is 0 Å². The normalized spacial score (nSPS) is 19.5. The second kappa shape index (κ2) is 11.7. The van der Waals surface area contributed by atoms with E-state index in [1.165, 1.54) is 31.2 Å². The first kappa shape index (κ1) is 22.3. The molecule has 1 unspecified atom stereocenters. The molecule has 152 valence electrons. The Kier molecular flexibility index (Phi) is 9.68. The molecule has 1 aromatic carbocycles. The number of benzene rings is 1. The highest BCUT2D eigenvalue weighted by molar-refractivity contribution is 14.0. The predicted octanol–water partition coefficient (Wildman–Crippen LogP) is 4.03. The van der Waals surface area contributed by atoms with Gasteiger partial charge in [0.05, 0.1) is 19.3 Å². The van der Waals surface area contributed by atoms with E-state index in [1.807, 2.05) is 0 Å². The maximum Gasteiger partial charge on any atom is 0.191 e. The van der Waals surface area contributed by atoms with Gasteiger partial charge in [-0.1, -0.05) is 12.1 Å². The van der Waals surface area contributed by atoms with Crippen LogP contribution >= 0.6 is 24.0 Å². The van der Waals surface area contributed by atoms with Crippen LogP contribution in [0.5, 0.6) is 5.75 Å².